The van der Waals surface area contributed by atoms with Crippen molar-refractivity contribution in [2.75, 3.05) is 11.9 Å². The fourth-order valence-corrected chi connectivity index (χ4v) is 2.59. The minimum atomic E-state index is -0.271. The highest BCUT2D eigenvalue weighted by Crippen LogP contribution is 2.15. The second kappa shape index (κ2) is 7.79. The smallest absolute Gasteiger partial charge is 0.255 e. The molecule has 7 heteroatoms. The number of benzene rings is 2. The van der Waals surface area contributed by atoms with Crippen LogP contribution in [0.1, 0.15) is 34.1 Å². The molecule has 3 rings (SSSR count). The molecule has 0 bridgehead atoms. The number of hydrogen-bond donors (Lipinski definition) is 4. The van der Waals surface area contributed by atoms with E-state index in [1.54, 1.807) is 48.8 Å². The number of nitrogens with one attached hydrogen (secondary N) is 3. The van der Waals surface area contributed by atoms with Gasteiger partial charge in [0.1, 0.15) is 0 Å². The second-order valence-electron chi connectivity index (χ2n) is 6.06. The number of aliphatic hydroxyl groups excluding tert-OH is 1. The predicted octanol–water partition coefficient (Wildman–Crippen LogP) is 2.32. The molecule has 1 aromatic heterocycles. The molecule has 1 atom stereocenters. The van der Waals surface area contributed by atoms with E-state index in [0.717, 1.165) is 11.0 Å². The number of amides is 2. The van der Waals surface area contributed by atoms with Gasteiger partial charge in [-0.05, 0) is 49.7 Å². The first kappa shape index (κ1) is 17.6. The number of fused-ring (bicyclic) bond motifs is 1. The first-order valence-corrected chi connectivity index (χ1v) is 8.33. The van der Waals surface area contributed by atoms with Crippen LogP contribution in [0.5, 0.6) is 0 Å². The zero-order valence-electron chi connectivity index (χ0n) is 14.3. The number of nitrogens with zero attached hydrogens (tertiary/aromatic N) is 1. The van der Waals surface area contributed by atoms with Crippen LogP contribution in [0.4, 0.5) is 5.69 Å². The molecule has 0 saturated heterocycles. The number of anilines is 1. The summed E-state index contributed by atoms with van der Waals surface area (Å²) in [6, 6.07) is 11.8. The van der Waals surface area contributed by atoms with Gasteiger partial charge >= 0.3 is 0 Å². The fourth-order valence-electron chi connectivity index (χ4n) is 2.59. The molecule has 0 saturated carbocycles. The first-order valence-electron chi connectivity index (χ1n) is 8.33. The van der Waals surface area contributed by atoms with Crippen LogP contribution >= 0.6 is 0 Å². The standard InChI is InChI=1S/C19H20N4O3/c1-12(7-8-24)22-18(25)13-3-2-4-15(9-13)23-19(26)14-5-6-16-17(10-14)21-11-20-16/h2-6,9-12,24H,7-8H2,1H3,(H,20,21)(H,22,25)(H,23,26)/t12-/m1/s1. The maximum Gasteiger partial charge on any atom is 0.255 e. The lowest BCUT2D eigenvalue weighted by molar-refractivity contribution is 0.0933. The molecular weight excluding hydrogens is 332 g/mol. The lowest BCUT2D eigenvalue weighted by Gasteiger charge is -2.13. The zero-order valence-corrected chi connectivity index (χ0v) is 14.3. The SMILES string of the molecule is C[C@H](CCO)NC(=O)c1cccc(NC(=O)c2ccc3nc[nH]c3c2)c1. The molecule has 26 heavy (non-hydrogen) atoms. The van der Waals surface area contributed by atoms with E-state index in [-0.39, 0.29) is 24.5 Å². The maximum atomic E-state index is 12.5. The van der Waals surface area contributed by atoms with Crippen LogP contribution in [-0.4, -0.2) is 39.5 Å². The molecule has 0 aliphatic heterocycles. The molecule has 4 N–H and O–H groups in total. The number of carbonyl (C=O) groups is 2. The Morgan fingerprint density at radius 1 is 1.15 bits per heavy atom. The van der Waals surface area contributed by atoms with Gasteiger partial charge in [0.2, 0.25) is 0 Å². The number of aromatic amines is 1. The number of H-pyrrole nitrogens is 1. The third-order valence-electron chi connectivity index (χ3n) is 4.00. The monoisotopic (exact) mass is 352 g/mol. The van der Waals surface area contributed by atoms with Crippen LogP contribution in [0, 0.1) is 0 Å². The number of aliphatic hydroxyl groups is 1. The molecule has 7 nitrogen and oxygen atoms in total. The van der Waals surface area contributed by atoms with Crippen LogP contribution in [0.25, 0.3) is 11.0 Å². The van der Waals surface area contributed by atoms with Crippen LogP contribution in [0.15, 0.2) is 48.8 Å². The molecule has 2 amide bonds. The summed E-state index contributed by atoms with van der Waals surface area (Å²) in [6.07, 6.45) is 2.06. The van der Waals surface area contributed by atoms with Gasteiger partial charge in [0, 0.05) is 29.5 Å². The van der Waals surface area contributed by atoms with Crippen molar-refractivity contribution in [1.29, 1.82) is 0 Å². The van der Waals surface area contributed by atoms with E-state index in [9.17, 15) is 9.59 Å². The molecule has 0 aliphatic carbocycles. The average molecular weight is 352 g/mol. The Balaban J connectivity index is 1.71. The highest BCUT2D eigenvalue weighted by Gasteiger charge is 2.12. The summed E-state index contributed by atoms with van der Waals surface area (Å²) in [5.74, 6) is -0.520. The Morgan fingerprint density at radius 2 is 1.96 bits per heavy atom. The molecular formula is C19H20N4O3. The average Bonchev–Trinajstić information content (AvgIpc) is 3.09. The van der Waals surface area contributed by atoms with E-state index in [2.05, 4.69) is 20.6 Å². The van der Waals surface area contributed by atoms with Gasteiger partial charge in [-0.2, -0.15) is 0 Å². The first-order chi connectivity index (χ1) is 12.6. The van der Waals surface area contributed by atoms with Gasteiger partial charge in [-0.15, -0.1) is 0 Å². The minimum Gasteiger partial charge on any atom is -0.396 e. The molecule has 0 unspecified atom stereocenters. The summed E-state index contributed by atoms with van der Waals surface area (Å²) in [6.45, 7) is 1.84. The van der Waals surface area contributed by atoms with Crippen LogP contribution in [-0.2, 0) is 0 Å². The molecule has 0 aliphatic rings. The molecule has 0 fully saturated rings. The van der Waals surface area contributed by atoms with Crippen LogP contribution < -0.4 is 10.6 Å². The molecule has 1 heterocycles. The van der Waals surface area contributed by atoms with Crippen molar-refractivity contribution in [3.8, 4) is 0 Å². The van der Waals surface area contributed by atoms with Gasteiger partial charge in [-0.25, -0.2) is 4.98 Å². The van der Waals surface area contributed by atoms with E-state index < -0.39 is 0 Å². The molecule has 134 valence electrons. The number of aromatic nitrogens is 2. The summed E-state index contributed by atoms with van der Waals surface area (Å²) >= 11 is 0. The summed E-state index contributed by atoms with van der Waals surface area (Å²) in [5, 5.41) is 14.5. The van der Waals surface area contributed by atoms with E-state index in [0.29, 0.717) is 23.2 Å². The van der Waals surface area contributed by atoms with Gasteiger partial charge in [-0.1, -0.05) is 6.07 Å². The Morgan fingerprint density at radius 3 is 2.77 bits per heavy atom. The molecule has 2 aromatic carbocycles. The Hall–Kier alpha value is -3.19. The van der Waals surface area contributed by atoms with E-state index in [4.69, 9.17) is 5.11 Å². The Bertz CT molecular complexity index is 935. The van der Waals surface area contributed by atoms with Gasteiger partial charge < -0.3 is 20.7 Å². The lowest BCUT2D eigenvalue weighted by Crippen LogP contribution is -2.33. The summed E-state index contributed by atoms with van der Waals surface area (Å²) in [5.41, 5.74) is 3.04. The van der Waals surface area contributed by atoms with Gasteiger partial charge in [0.25, 0.3) is 11.8 Å². The summed E-state index contributed by atoms with van der Waals surface area (Å²) in [4.78, 5) is 31.8. The van der Waals surface area contributed by atoms with Crippen molar-refractivity contribution in [3.05, 3.63) is 59.9 Å². The van der Waals surface area contributed by atoms with E-state index in [1.165, 1.54) is 0 Å². The second-order valence-corrected chi connectivity index (χ2v) is 6.06. The summed E-state index contributed by atoms with van der Waals surface area (Å²) < 4.78 is 0. The molecule has 0 radical (unpaired) electrons. The normalized spacial score (nSPS) is 11.9. The van der Waals surface area contributed by atoms with Crippen LogP contribution in [0.2, 0.25) is 0 Å². The van der Waals surface area contributed by atoms with Gasteiger partial charge in [0.15, 0.2) is 0 Å². The van der Waals surface area contributed by atoms with E-state index >= 15 is 0 Å². The highest BCUT2D eigenvalue weighted by atomic mass is 16.3. The number of imidazole rings is 1. The quantitative estimate of drug-likeness (QED) is 0.546. The molecule has 0 spiro atoms. The maximum absolute atomic E-state index is 12.5. The third kappa shape index (κ3) is 4.07. The molecule has 3 aromatic rings. The van der Waals surface area contributed by atoms with Crippen LogP contribution in [0.3, 0.4) is 0 Å². The topological polar surface area (TPSA) is 107 Å². The number of hydrogen-bond acceptors (Lipinski definition) is 4. The van der Waals surface area contributed by atoms with Crippen molar-refractivity contribution in [3.63, 3.8) is 0 Å². The third-order valence-corrected chi connectivity index (χ3v) is 4.00. The predicted molar refractivity (Wildman–Crippen MR) is 99.1 cm³/mol. The lowest BCUT2D eigenvalue weighted by atomic mass is 10.1. The zero-order chi connectivity index (χ0) is 18.5. The fraction of sp³-hybridized carbons (Fsp3) is 0.211. The van der Waals surface area contributed by atoms with Gasteiger partial charge in [0.05, 0.1) is 17.4 Å². The van der Waals surface area contributed by atoms with Crippen molar-refractivity contribution < 1.29 is 14.7 Å². The van der Waals surface area contributed by atoms with Crippen molar-refractivity contribution in [1.82, 2.24) is 15.3 Å². The summed E-state index contributed by atoms with van der Waals surface area (Å²) in [7, 11) is 0. The minimum absolute atomic E-state index is 0.0121. The Labute approximate surface area is 150 Å². The highest BCUT2D eigenvalue weighted by molar-refractivity contribution is 6.06. The number of carbonyl (C=O) groups excluding carboxylic acids is 2. The van der Waals surface area contributed by atoms with E-state index in [1.807, 2.05) is 6.92 Å². The van der Waals surface area contributed by atoms with Crippen molar-refractivity contribution >= 4 is 28.5 Å². The van der Waals surface area contributed by atoms with Crippen molar-refractivity contribution in [2.24, 2.45) is 0 Å². The van der Waals surface area contributed by atoms with Gasteiger partial charge in [-0.3, -0.25) is 9.59 Å². The number of rotatable bonds is 6. The van der Waals surface area contributed by atoms with Crippen molar-refractivity contribution in [2.45, 2.75) is 19.4 Å². The Kier molecular flexibility index (Phi) is 5.28. The largest absolute Gasteiger partial charge is 0.396 e.